The molecule has 0 saturated heterocycles. The highest BCUT2D eigenvalue weighted by Crippen LogP contribution is 2.43. The topological polar surface area (TPSA) is 83.8 Å². The molecule has 0 atom stereocenters. The Kier molecular flexibility index (Phi) is 10.0. The Hall–Kier alpha value is -6.31. The predicted molar refractivity (Wildman–Crippen MR) is 209 cm³/mol. The minimum absolute atomic E-state index is 0.182. The van der Waals surface area contributed by atoms with Crippen LogP contribution in [0.25, 0.3) is 0 Å². The number of carboxylic acid groups (broad SMARTS) is 1. The SMILES string of the molecule is CCc1ccccc1C(ON=C(C(=O)O)c1csc(NC(c2ccccc2)(c2ccccc2)c2ccccc2)n1)(c1ccccc1)c1ccccc1. The van der Waals surface area contributed by atoms with Gasteiger partial charge in [0.15, 0.2) is 5.13 Å². The summed E-state index contributed by atoms with van der Waals surface area (Å²) in [6, 6.07) is 58.2. The smallest absolute Gasteiger partial charge is 0.360 e. The van der Waals surface area contributed by atoms with Crippen LogP contribution >= 0.6 is 11.3 Å². The third-order valence-corrected chi connectivity index (χ3v) is 10.0. The second kappa shape index (κ2) is 15.3. The van der Waals surface area contributed by atoms with Gasteiger partial charge in [0.2, 0.25) is 11.3 Å². The average molecular weight is 700 g/mol. The zero-order valence-electron chi connectivity index (χ0n) is 28.6. The van der Waals surface area contributed by atoms with E-state index in [9.17, 15) is 9.90 Å². The van der Waals surface area contributed by atoms with E-state index in [4.69, 9.17) is 9.82 Å². The van der Waals surface area contributed by atoms with Gasteiger partial charge in [0.25, 0.3) is 0 Å². The molecule has 1 heterocycles. The molecular weight excluding hydrogens is 663 g/mol. The standard InChI is InChI=1S/C45H37N3O3S/c1-2-33-20-18-19-31-39(33)45(37-27-14-6-15-28-37,38-29-16-7-17-30-38)51-48-41(42(49)50)40-32-52-43(46-40)47-44(34-21-8-3-9-22-34,35-23-10-4-11-24-35)36-25-12-5-13-26-36/h3-32H,2H2,1H3,(H,46,47)(H,49,50). The Morgan fingerprint density at radius 3 is 1.52 bits per heavy atom. The van der Waals surface area contributed by atoms with Gasteiger partial charge in [-0.3, -0.25) is 0 Å². The Morgan fingerprint density at radius 1 is 0.654 bits per heavy atom. The van der Waals surface area contributed by atoms with E-state index in [0.717, 1.165) is 45.4 Å². The number of nitrogens with one attached hydrogen (secondary N) is 1. The number of carbonyl (C=O) groups is 1. The summed E-state index contributed by atoms with van der Waals surface area (Å²) in [6.07, 6.45) is 0.740. The van der Waals surface area contributed by atoms with Crippen LogP contribution in [0.15, 0.2) is 186 Å². The highest BCUT2D eigenvalue weighted by atomic mass is 32.1. The van der Waals surface area contributed by atoms with E-state index in [2.05, 4.69) is 59.9 Å². The minimum atomic E-state index is -1.25. The van der Waals surface area contributed by atoms with Crippen molar-refractivity contribution in [1.29, 1.82) is 0 Å². The zero-order valence-corrected chi connectivity index (χ0v) is 29.4. The number of anilines is 1. The quantitative estimate of drug-likeness (QED) is 0.0711. The van der Waals surface area contributed by atoms with Crippen molar-refractivity contribution in [2.45, 2.75) is 24.5 Å². The number of benzene rings is 6. The number of aliphatic carboxylic acids is 1. The van der Waals surface area contributed by atoms with Crippen LogP contribution in [0, 0.1) is 0 Å². The number of rotatable bonds is 13. The van der Waals surface area contributed by atoms with Crippen LogP contribution in [-0.4, -0.2) is 21.8 Å². The fourth-order valence-electron chi connectivity index (χ4n) is 6.84. The fourth-order valence-corrected chi connectivity index (χ4v) is 7.59. The van der Waals surface area contributed by atoms with Crippen molar-refractivity contribution in [1.82, 2.24) is 4.98 Å². The molecule has 7 aromatic rings. The molecule has 256 valence electrons. The maximum absolute atomic E-state index is 13.0. The molecule has 7 heteroatoms. The van der Waals surface area contributed by atoms with Gasteiger partial charge in [-0.05, 0) is 28.7 Å². The molecule has 0 amide bonds. The number of carboxylic acids is 1. The van der Waals surface area contributed by atoms with E-state index < -0.39 is 17.1 Å². The fraction of sp³-hybridized carbons (Fsp3) is 0.0889. The van der Waals surface area contributed by atoms with Crippen molar-refractivity contribution in [2.24, 2.45) is 5.16 Å². The van der Waals surface area contributed by atoms with E-state index >= 15 is 0 Å². The number of oxime groups is 1. The van der Waals surface area contributed by atoms with Crippen molar-refractivity contribution < 1.29 is 14.7 Å². The first-order valence-electron chi connectivity index (χ1n) is 17.2. The Bertz CT molecular complexity index is 2120. The van der Waals surface area contributed by atoms with E-state index in [1.54, 1.807) is 5.38 Å². The lowest BCUT2D eigenvalue weighted by molar-refractivity contribution is -0.129. The van der Waals surface area contributed by atoms with Gasteiger partial charge in [0.1, 0.15) is 11.2 Å². The van der Waals surface area contributed by atoms with E-state index in [0.29, 0.717) is 5.13 Å². The first kappa shape index (κ1) is 34.2. The largest absolute Gasteiger partial charge is 0.476 e. The second-order valence-electron chi connectivity index (χ2n) is 12.3. The summed E-state index contributed by atoms with van der Waals surface area (Å²) < 4.78 is 0. The molecule has 0 unspecified atom stereocenters. The molecule has 52 heavy (non-hydrogen) atoms. The lowest BCUT2D eigenvalue weighted by Crippen LogP contribution is -2.38. The molecule has 0 spiro atoms. The molecule has 7 rings (SSSR count). The Balaban J connectivity index is 1.36. The third-order valence-electron chi connectivity index (χ3n) is 9.28. The zero-order chi connectivity index (χ0) is 35.8. The van der Waals surface area contributed by atoms with Crippen molar-refractivity contribution in [3.63, 3.8) is 0 Å². The Labute approximate surface area is 307 Å². The van der Waals surface area contributed by atoms with Crippen LogP contribution in [0.2, 0.25) is 0 Å². The van der Waals surface area contributed by atoms with Gasteiger partial charge in [0.05, 0.1) is 0 Å². The summed E-state index contributed by atoms with van der Waals surface area (Å²) in [6.45, 7) is 2.09. The maximum Gasteiger partial charge on any atom is 0.360 e. The number of aryl methyl sites for hydroxylation is 1. The monoisotopic (exact) mass is 699 g/mol. The number of hydrogen-bond donors (Lipinski definition) is 2. The molecule has 0 saturated carbocycles. The van der Waals surface area contributed by atoms with Crippen molar-refractivity contribution >= 4 is 28.1 Å². The van der Waals surface area contributed by atoms with Crippen LogP contribution in [-0.2, 0) is 27.2 Å². The predicted octanol–water partition coefficient (Wildman–Crippen LogP) is 9.91. The average Bonchev–Trinajstić information content (AvgIpc) is 3.68. The first-order valence-corrected chi connectivity index (χ1v) is 18.0. The van der Waals surface area contributed by atoms with Crippen LogP contribution < -0.4 is 5.32 Å². The van der Waals surface area contributed by atoms with Gasteiger partial charge in [-0.1, -0.05) is 188 Å². The molecule has 0 aliphatic carbocycles. The van der Waals surface area contributed by atoms with Crippen LogP contribution in [0.3, 0.4) is 0 Å². The highest BCUT2D eigenvalue weighted by molar-refractivity contribution is 7.14. The van der Waals surface area contributed by atoms with E-state index in [1.807, 2.05) is 133 Å². The van der Waals surface area contributed by atoms with Gasteiger partial charge < -0.3 is 15.3 Å². The second-order valence-corrected chi connectivity index (χ2v) is 13.1. The van der Waals surface area contributed by atoms with Gasteiger partial charge in [-0.25, -0.2) is 9.78 Å². The summed E-state index contributed by atoms with van der Waals surface area (Å²) in [5, 5.41) is 21.1. The van der Waals surface area contributed by atoms with Gasteiger partial charge in [0, 0.05) is 22.1 Å². The molecule has 1 aromatic heterocycles. The van der Waals surface area contributed by atoms with Crippen LogP contribution in [0.1, 0.15) is 51.6 Å². The van der Waals surface area contributed by atoms with Crippen molar-refractivity contribution in [3.8, 4) is 0 Å². The van der Waals surface area contributed by atoms with Gasteiger partial charge in [-0.2, -0.15) is 0 Å². The number of nitrogens with zero attached hydrogens (tertiary/aromatic N) is 2. The molecule has 2 N–H and O–H groups in total. The molecule has 6 aromatic carbocycles. The molecule has 0 radical (unpaired) electrons. The number of hydrogen-bond acceptors (Lipinski definition) is 6. The van der Waals surface area contributed by atoms with Crippen LogP contribution in [0.4, 0.5) is 5.13 Å². The number of aromatic nitrogens is 1. The van der Waals surface area contributed by atoms with Gasteiger partial charge >= 0.3 is 5.97 Å². The summed E-state index contributed by atoms with van der Waals surface area (Å²) in [4.78, 5) is 24.6. The summed E-state index contributed by atoms with van der Waals surface area (Å²) in [7, 11) is 0. The molecular formula is C45H37N3O3S. The lowest BCUT2D eigenvalue weighted by Gasteiger charge is -2.36. The molecule has 0 aliphatic rings. The number of thiazole rings is 1. The lowest BCUT2D eigenvalue weighted by atomic mass is 9.77. The molecule has 0 fully saturated rings. The van der Waals surface area contributed by atoms with E-state index in [1.165, 1.54) is 11.3 Å². The normalized spacial score (nSPS) is 11.9. The van der Waals surface area contributed by atoms with Crippen molar-refractivity contribution in [2.75, 3.05) is 5.32 Å². The van der Waals surface area contributed by atoms with Gasteiger partial charge in [-0.15, -0.1) is 11.3 Å². The maximum atomic E-state index is 13.0. The summed E-state index contributed by atoms with van der Waals surface area (Å²) in [5.41, 5.74) is 4.36. The third kappa shape index (κ3) is 6.50. The molecule has 0 bridgehead atoms. The Morgan fingerprint density at radius 2 is 1.08 bits per heavy atom. The van der Waals surface area contributed by atoms with Crippen LogP contribution in [0.5, 0.6) is 0 Å². The van der Waals surface area contributed by atoms with Crippen molar-refractivity contribution in [3.05, 3.63) is 226 Å². The summed E-state index contributed by atoms with van der Waals surface area (Å²) >= 11 is 1.31. The minimum Gasteiger partial charge on any atom is -0.476 e. The summed E-state index contributed by atoms with van der Waals surface area (Å²) in [5.74, 6) is -1.25. The first-order chi connectivity index (χ1) is 25.6. The van der Waals surface area contributed by atoms with E-state index in [-0.39, 0.29) is 11.4 Å². The molecule has 0 aliphatic heterocycles. The highest BCUT2D eigenvalue weighted by Gasteiger charge is 2.42. The molecule has 6 nitrogen and oxygen atoms in total.